The SMILES string of the molecule is CCCC/C=C/C(O)C(COP(=O)(O)OCC[N+](C)(C)C)NC(=O)CCCC. The van der Waals surface area contributed by atoms with Crippen LogP contribution < -0.4 is 5.32 Å². The van der Waals surface area contributed by atoms with Crippen LogP contribution in [-0.2, 0) is 18.4 Å². The molecular formula is C19H40N2O6P+. The minimum atomic E-state index is -4.27. The first-order valence-electron chi connectivity index (χ1n) is 10.1. The number of phosphoric acid groups is 1. The van der Waals surface area contributed by atoms with Gasteiger partial charge in [0.15, 0.2) is 0 Å². The maximum absolute atomic E-state index is 12.1. The molecule has 3 N–H and O–H groups in total. The van der Waals surface area contributed by atoms with E-state index in [0.717, 1.165) is 32.1 Å². The molecule has 0 aliphatic rings. The number of aliphatic hydroxyl groups excluding tert-OH is 1. The monoisotopic (exact) mass is 423 g/mol. The summed E-state index contributed by atoms with van der Waals surface area (Å²) in [4.78, 5) is 21.9. The predicted octanol–water partition coefficient (Wildman–Crippen LogP) is 2.61. The van der Waals surface area contributed by atoms with E-state index in [-0.39, 0.29) is 19.1 Å². The Morgan fingerprint density at radius 3 is 2.39 bits per heavy atom. The van der Waals surface area contributed by atoms with Crippen molar-refractivity contribution >= 4 is 13.7 Å². The molecule has 0 spiro atoms. The molecule has 0 saturated heterocycles. The van der Waals surface area contributed by atoms with Crippen molar-refractivity contribution in [1.82, 2.24) is 5.32 Å². The van der Waals surface area contributed by atoms with Crippen molar-refractivity contribution in [3.05, 3.63) is 12.2 Å². The maximum atomic E-state index is 12.1. The topological polar surface area (TPSA) is 105 Å². The van der Waals surface area contributed by atoms with Crippen LogP contribution in [0.25, 0.3) is 0 Å². The Morgan fingerprint density at radius 2 is 1.82 bits per heavy atom. The molecule has 0 aromatic carbocycles. The Labute approximate surface area is 170 Å². The zero-order valence-electron chi connectivity index (χ0n) is 18.1. The number of hydrogen-bond acceptors (Lipinski definition) is 5. The van der Waals surface area contributed by atoms with Gasteiger partial charge < -0.3 is 19.8 Å². The van der Waals surface area contributed by atoms with Gasteiger partial charge in [0, 0.05) is 6.42 Å². The van der Waals surface area contributed by atoms with Gasteiger partial charge in [0.1, 0.15) is 13.2 Å². The van der Waals surface area contributed by atoms with Gasteiger partial charge in [-0.05, 0) is 12.8 Å². The average molecular weight is 424 g/mol. The number of amides is 1. The van der Waals surface area contributed by atoms with E-state index in [1.54, 1.807) is 6.08 Å². The average Bonchev–Trinajstić information content (AvgIpc) is 2.59. The minimum Gasteiger partial charge on any atom is -0.387 e. The van der Waals surface area contributed by atoms with Crippen LogP contribution >= 0.6 is 7.82 Å². The van der Waals surface area contributed by atoms with E-state index in [2.05, 4.69) is 12.2 Å². The molecule has 3 atom stereocenters. The normalized spacial score (nSPS) is 16.7. The van der Waals surface area contributed by atoms with Gasteiger partial charge >= 0.3 is 7.82 Å². The summed E-state index contributed by atoms with van der Waals surface area (Å²) in [5, 5.41) is 13.1. The lowest BCUT2D eigenvalue weighted by Gasteiger charge is -2.25. The second-order valence-corrected chi connectivity index (χ2v) is 9.40. The molecule has 28 heavy (non-hydrogen) atoms. The van der Waals surface area contributed by atoms with Crippen molar-refractivity contribution < 1.29 is 32.9 Å². The van der Waals surface area contributed by atoms with Crippen LogP contribution in [0, 0.1) is 0 Å². The molecule has 0 saturated carbocycles. The van der Waals surface area contributed by atoms with Crippen LogP contribution in [0.15, 0.2) is 12.2 Å². The number of carbonyl (C=O) groups is 1. The van der Waals surface area contributed by atoms with Crippen molar-refractivity contribution in [1.29, 1.82) is 0 Å². The zero-order valence-corrected chi connectivity index (χ0v) is 19.0. The first-order chi connectivity index (χ1) is 13.0. The number of carbonyl (C=O) groups excluding carboxylic acids is 1. The summed E-state index contributed by atoms with van der Waals surface area (Å²) in [5.41, 5.74) is 0. The molecule has 0 heterocycles. The third kappa shape index (κ3) is 15.2. The highest BCUT2D eigenvalue weighted by Crippen LogP contribution is 2.43. The van der Waals surface area contributed by atoms with Gasteiger partial charge in [-0.2, -0.15) is 0 Å². The van der Waals surface area contributed by atoms with Crippen molar-refractivity contribution in [2.75, 3.05) is 40.9 Å². The van der Waals surface area contributed by atoms with Crippen LogP contribution in [0.3, 0.4) is 0 Å². The van der Waals surface area contributed by atoms with E-state index in [1.165, 1.54) is 0 Å². The van der Waals surface area contributed by atoms with Crippen LogP contribution in [0.1, 0.15) is 52.4 Å². The van der Waals surface area contributed by atoms with E-state index >= 15 is 0 Å². The zero-order chi connectivity index (χ0) is 21.6. The third-order valence-electron chi connectivity index (χ3n) is 4.01. The number of nitrogens with zero attached hydrogens (tertiary/aromatic N) is 1. The fourth-order valence-corrected chi connectivity index (χ4v) is 2.91. The number of likely N-dealkylation sites (N-methyl/N-ethyl adjacent to an activating group) is 1. The summed E-state index contributed by atoms with van der Waals surface area (Å²) in [6.45, 7) is 4.33. The minimum absolute atomic E-state index is 0.0598. The molecule has 0 bridgehead atoms. The van der Waals surface area contributed by atoms with Crippen molar-refractivity contribution in [3.8, 4) is 0 Å². The molecule has 1 amide bonds. The standard InChI is InChI=1S/C19H39N2O6P/c1-6-8-10-11-12-18(22)17(20-19(23)13-9-7-2)16-27-28(24,25)26-15-14-21(3,4)5/h11-12,17-18,22H,6-10,13-16H2,1-5H3,(H-,20,23,24,25)/p+1/b12-11+. The predicted molar refractivity (Wildman–Crippen MR) is 111 cm³/mol. The lowest BCUT2D eigenvalue weighted by atomic mass is 10.1. The van der Waals surface area contributed by atoms with Crippen molar-refractivity contribution in [2.24, 2.45) is 0 Å². The number of hydrogen-bond donors (Lipinski definition) is 3. The molecule has 8 nitrogen and oxygen atoms in total. The molecular weight excluding hydrogens is 383 g/mol. The lowest BCUT2D eigenvalue weighted by Crippen LogP contribution is -2.45. The summed E-state index contributed by atoms with van der Waals surface area (Å²) >= 11 is 0. The highest BCUT2D eigenvalue weighted by molar-refractivity contribution is 7.47. The van der Waals surface area contributed by atoms with E-state index < -0.39 is 20.0 Å². The van der Waals surface area contributed by atoms with Crippen LogP contribution in [-0.4, -0.2) is 73.4 Å². The van der Waals surface area contributed by atoms with Gasteiger partial charge in [-0.1, -0.05) is 45.3 Å². The fraction of sp³-hybridized carbons (Fsp3) is 0.842. The summed E-state index contributed by atoms with van der Waals surface area (Å²) in [6, 6.07) is -0.829. The van der Waals surface area contributed by atoms with Gasteiger partial charge in [0.05, 0.1) is 39.9 Å². The van der Waals surface area contributed by atoms with E-state index in [9.17, 15) is 19.4 Å². The van der Waals surface area contributed by atoms with Crippen LogP contribution in [0.2, 0.25) is 0 Å². The van der Waals surface area contributed by atoms with E-state index in [0.29, 0.717) is 17.4 Å². The smallest absolute Gasteiger partial charge is 0.387 e. The summed E-state index contributed by atoms with van der Waals surface area (Å²) < 4.78 is 22.7. The van der Waals surface area contributed by atoms with Crippen molar-refractivity contribution in [3.63, 3.8) is 0 Å². The highest BCUT2D eigenvalue weighted by atomic mass is 31.2. The fourth-order valence-electron chi connectivity index (χ4n) is 2.18. The van der Waals surface area contributed by atoms with Crippen molar-refractivity contribution in [2.45, 2.75) is 64.5 Å². The number of rotatable bonds is 16. The molecule has 0 aliphatic carbocycles. The Hall–Kier alpha value is -0.760. The summed E-state index contributed by atoms with van der Waals surface area (Å²) in [6.07, 6.45) is 7.20. The number of aliphatic hydroxyl groups is 1. The molecule has 166 valence electrons. The molecule has 0 radical (unpaired) electrons. The molecule has 3 unspecified atom stereocenters. The molecule has 0 aromatic heterocycles. The van der Waals surface area contributed by atoms with Gasteiger partial charge in [-0.15, -0.1) is 0 Å². The number of phosphoric ester groups is 1. The quantitative estimate of drug-likeness (QED) is 0.153. The number of quaternary nitrogens is 1. The van der Waals surface area contributed by atoms with Crippen LogP contribution in [0.4, 0.5) is 0 Å². The second-order valence-electron chi connectivity index (χ2n) is 7.95. The molecule has 0 aliphatic heterocycles. The maximum Gasteiger partial charge on any atom is 0.472 e. The Bertz CT molecular complexity index is 507. The lowest BCUT2D eigenvalue weighted by molar-refractivity contribution is -0.870. The van der Waals surface area contributed by atoms with E-state index in [4.69, 9.17) is 9.05 Å². The van der Waals surface area contributed by atoms with Gasteiger partial charge in [0.25, 0.3) is 0 Å². The first-order valence-corrected chi connectivity index (χ1v) is 11.6. The second kappa shape index (κ2) is 14.3. The Morgan fingerprint density at radius 1 is 1.18 bits per heavy atom. The van der Waals surface area contributed by atoms with Gasteiger partial charge in [0.2, 0.25) is 5.91 Å². The Balaban J connectivity index is 4.78. The third-order valence-corrected chi connectivity index (χ3v) is 4.99. The van der Waals surface area contributed by atoms with E-state index in [1.807, 2.05) is 34.1 Å². The highest BCUT2D eigenvalue weighted by Gasteiger charge is 2.27. The summed E-state index contributed by atoms with van der Waals surface area (Å²) in [7, 11) is 1.55. The number of allylic oxidation sites excluding steroid dienone is 1. The number of nitrogens with one attached hydrogen (secondary N) is 1. The number of unbranched alkanes of at least 4 members (excludes halogenated alkanes) is 3. The molecule has 0 fully saturated rings. The van der Waals surface area contributed by atoms with Gasteiger partial charge in [-0.25, -0.2) is 4.57 Å². The van der Waals surface area contributed by atoms with Gasteiger partial charge in [-0.3, -0.25) is 13.8 Å². The molecule has 0 aromatic rings. The van der Waals surface area contributed by atoms with Crippen LogP contribution in [0.5, 0.6) is 0 Å². The Kier molecular flexibility index (Phi) is 13.9. The molecule has 9 heteroatoms. The summed E-state index contributed by atoms with van der Waals surface area (Å²) in [5.74, 6) is -0.227. The molecule has 0 rings (SSSR count). The largest absolute Gasteiger partial charge is 0.472 e. The first kappa shape index (κ1) is 27.2.